The number of allylic oxidation sites excluding steroid dienone is 2. The van der Waals surface area contributed by atoms with Gasteiger partial charge in [-0.2, -0.15) is 0 Å². The average molecular weight is 665 g/mol. The van der Waals surface area contributed by atoms with Crippen LogP contribution in [0.15, 0.2) is 24.5 Å². The van der Waals surface area contributed by atoms with Gasteiger partial charge in [-0.05, 0) is 156 Å². The molecule has 0 radical (unpaired) electrons. The summed E-state index contributed by atoms with van der Waals surface area (Å²) in [5.41, 5.74) is 2.13. The maximum atomic E-state index is 11.8. The molecule has 0 amide bonds. The molecule has 10 atom stereocenters. The van der Waals surface area contributed by atoms with E-state index in [-0.39, 0.29) is 11.5 Å². The van der Waals surface area contributed by atoms with Crippen molar-refractivity contribution in [2.75, 3.05) is 39.8 Å². The van der Waals surface area contributed by atoms with Gasteiger partial charge < -0.3 is 19.6 Å². The molecule has 272 valence electrons. The topological polar surface area (TPSA) is 53.0 Å². The van der Waals surface area contributed by atoms with Gasteiger partial charge in [0.15, 0.2) is 0 Å². The highest BCUT2D eigenvalue weighted by atomic mass is 16.5. The van der Waals surface area contributed by atoms with Crippen LogP contribution in [0.25, 0.3) is 0 Å². The van der Waals surface area contributed by atoms with E-state index in [0.717, 1.165) is 24.2 Å². The van der Waals surface area contributed by atoms with Gasteiger partial charge in [-0.1, -0.05) is 53.3 Å². The lowest BCUT2D eigenvalue weighted by Gasteiger charge is -2.73. The van der Waals surface area contributed by atoms with Crippen molar-refractivity contribution in [3.05, 3.63) is 24.5 Å². The van der Waals surface area contributed by atoms with Crippen LogP contribution in [0.2, 0.25) is 0 Å². The smallest absolute Gasteiger partial charge is 0.309 e. The summed E-state index contributed by atoms with van der Waals surface area (Å²) in [5, 5.41) is 9.71. The van der Waals surface area contributed by atoms with Gasteiger partial charge in [0.25, 0.3) is 0 Å². The van der Waals surface area contributed by atoms with E-state index < -0.39 is 11.4 Å². The molecule has 0 aromatic heterocycles. The Hall–Kier alpha value is -1.33. The molecule has 1 N–H and O–H groups in total. The monoisotopic (exact) mass is 665 g/mol. The molecule has 5 aliphatic carbocycles. The van der Waals surface area contributed by atoms with E-state index in [0.29, 0.717) is 45.7 Å². The minimum absolute atomic E-state index is 0.0177. The van der Waals surface area contributed by atoms with E-state index >= 15 is 0 Å². The van der Waals surface area contributed by atoms with Crippen LogP contribution in [0.5, 0.6) is 0 Å². The van der Waals surface area contributed by atoms with Crippen molar-refractivity contribution in [1.29, 1.82) is 0 Å². The van der Waals surface area contributed by atoms with E-state index in [2.05, 4.69) is 71.5 Å². The first-order valence-electron chi connectivity index (χ1n) is 19.9. The second-order valence-corrected chi connectivity index (χ2v) is 20.3. The van der Waals surface area contributed by atoms with Gasteiger partial charge in [0.05, 0.1) is 11.2 Å². The lowest BCUT2D eigenvalue weighted by Crippen LogP contribution is -2.66. The molecule has 48 heavy (non-hydrogen) atoms. The Morgan fingerprint density at radius 2 is 1.54 bits per heavy atom. The number of fused-ring (bicyclic) bond motifs is 7. The van der Waals surface area contributed by atoms with Crippen LogP contribution >= 0.6 is 0 Å². The lowest BCUT2D eigenvalue weighted by molar-refractivity contribution is -0.249. The highest BCUT2D eigenvalue weighted by Crippen LogP contribution is 2.78. The molecule has 5 saturated carbocycles. The van der Waals surface area contributed by atoms with E-state index in [1.807, 2.05) is 0 Å². The number of hydrogen-bond acceptors (Lipinski definition) is 4. The van der Waals surface area contributed by atoms with Gasteiger partial charge >= 0.3 is 5.97 Å². The molecule has 0 unspecified atom stereocenters. The fourth-order valence-electron chi connectivity index (χ4n) is 14.2. The SMILES string of the molecule is C=C(CC(C)(C)C(=O)O)O[C@H]1CC[C@]2(C)[C@H]3CC[C@@H]4[C@H]5[C@H](C(=C)C)CC[C@]5(CCN5CCN(C)CC5)CC[C@@]4(C)[C@]3(C)CC[C@H]2C1(C)C. The molecule has 1 saturated heterocycles. The fourth-order valence-corrected chi connectivity index (χ4v) is 14.2. The molecule has 6 fully saturated rings. The normalized spacial score (nSPS) is 44.5. The first kappa shape index (κ1) is 36.5. The third kappa shape index (κ3) is 5.66. The number of carboxylic acids is 1. The Morgan fingerprint density at radius 3 is 2.19 bits per heavy atom. The molecule has 1 heterocycles. The summed E-state index contributed by atoms with van der Waals surface area (Å²) in [6.07, 6.45) is 15.1. The number of hydrogen-bond donors (Lipinski definition) is 1. The van der Waals surface area contributed by atoms with Crippen LogP contribution in [0.4, 0.5) is 0 Å². The quantitative estimate of drug-likeness (QED) is 0.197. The molecular weight excluding hydrogens is 592 g/mol. The van der Waals surface area contributed by atoms with Crippen molar-refractivity contribution in [2.45, 2.75) is 139 Å². The van der Waals surface area contributed by atoms with Crippen LogP contribution in [0.1, 0.15) is 132 Å². The predicted octanol–water partition coefficient (Wildman–Crippen LogP) is 9.68. The number of likely N-dealkylation sites (N-methyl/N-ethyl adjacent to an activating group) is 1. The maximum Gasteiger partial charge on any atom is 0.309 e. The van der Waals surface area contributed by atoms with Gasteiger partial charge in [0.1, 0.15) is 6.10 Å². The zero-order valence-electron chi connectivity index (χ0n) is 32.6. The summed E-state index contributed by atoms with van der Waals surface area (Å²) >= 11 is 0. The van der Waals surface area contributed by atoms with Crippen molar-refractivity contribution in [3.8, 4) is 0 Å². The van der Waals surface area contributed by atoms with Crippen LogP contribution in [-0.4, -0.2) is 66.8 Å². The maximum absolute atomic E-state index is 11.8. The van der Waals surface area contributed by atoms with Crippen LogP contribution in [0.3, 0.4) is 0 Å². The molecular formula is C43H72N2O3. The molecule has 1 aliphatic heterocycles. The Kier molecular flexibility index (Phi) is 9.43. The second-order valence-electron chi connectivity index (χ2n) is 20.3. The Labute approximate surface area is 294 Å². The molecule has 0 aromatic carbocycles. The number of piperazine rings is 1. The van der Waals surface area contributed by atoms with Crippen molar-refractivity contribution in [1.82, 2.24) is 9.80 Å². The number of rotatable bonds is 9. The van der Waals surface area contributed by atoms with Crippen molar-refractivity contribution in [3.63, 3.8) is 0 Å². The van der Waals surface area contributed by atoms with Crippen molar-refractivity contribution < 1.29 is 14.6 Å². The molecule has 6 rings (SSSR count). The second kappa shape index (κ2) is 12.4. The van der Waals surface area contributed by atoms with E-state index in [1.54, 1.807) is 13.8 Å². The van der Waals surface area contributed by atoms with Crippen LogP contribution in [-0.2, 0) is 9.53 Å². The van der Waals surface area contributed by atoms with Crippen LogP contribution < -0.4 is 0 Å². The van der Waals surface area contributed by atoms with E-state index in [4.69, 9.17) is 4.74 Å². The standard InChI is InChI=1S/C43H72N2O3/c1-29(2)31-14-19-43(22-23-45-26-24-44(11)25-27-45)21-20-41(9)32(36(31)43)12-13-34-40(8)17-16-35(48-30(3)28-38(4,5)37(46)47)39(6,7)33(40)15-18-42(34,41)10/h31-36H,1,3,12-28H2,2,4-11H3,(H,46,47)/t31-,32+,33-,34+,35-,36+,40-,41+,42+,43+/m0/s1. The number of carbonyl (C=O) groups is 1. The molecule has 0 aromatic rings. The molecule has 5 nitrogen and oxygen atoms in total. The van der Waals surface area contributed by atoms with Gasteiger partial charge in [-0.25, -0.2) is 0 Å². The molecule has 0 bridgehead atoms. The number of ether oxygens (including phenoxy) is 1. The summed E-state index contributed by atoms with van der Waals surface area (Å²) in [5.74, 6) is 3.48. The minimum atomic E-state index is -0.865. The van der Waals surface area contributed by atoms with Gasteiger partial charge in [-0.15, -0.1) is 0 Å². The highest BCUT2D eigenvalue weighted by molar-refractivity contribution is 5.73. The molecule has 0 spiro atoms. The predicted molar refractivity (Wildman–Crippen MR) is 198 cm³/mol. The Balaban J connectivity index is 1.23. The Bertz CT molecular complexity index is 1260. The fraction of sp³-hybridized carbons (Fsp3) is 0.884. The summed E-state index contributed by atoms with van der Waals surface area (Å²) in [4.78, 5) is 17.1. The van der Waals surface area contributed by atoms with Gasteiger partial charge in [0, 0.05) is 38.0 Å². The van der Waals surface area contributed by atoms with Crippen molar-refractivity contribution in [2.24, 2.45) is 62.1 Å². The largest absolute Gasteiger partial charge is 0.495 e. The minimum Gasteiger partial charge on any atom is -0.495 e. The number of nitrogens with zero attached hydrogens (tertiary/aromatic N) is 2. The van der Waals surface area contributed by atoms with E-state index in [1.165, 1.54) is 103 Å². The third-order valence-electron chi connectivity index (χ3n) is 17.2. The lowest BCUT2D eigenvalue weighted by atomic mass is 9.32. The zero-order valence-corrected chi connectivity index (χ0v) is 32.6. The number of aliphatic carboxylic acids is 1. The van der Waals surface area contributed by atoms with Gasteiger partial charge in [0.2, 0.25) is 0 Å². The summed E-state index contributed by atoms with van der Waals surface area (Å²) in [6.45, 7) is 34.1. The number of carboxylic acid groups (broad SMARTS) is 1. The average Bonchev–Trinajstić information content (AvgIpc) is 3.39. The van der Waals surface area contributed by atoms with Crippen LogP contribution in [0, 0.1) is 62.1 Å². The first-order valence-corrected chi connectivity index (χ1v) is 19.9. The first-order chi connectivity index (χ1) is 22.3. The van der Waals surface area contributed by atoms with Crippen molar-refractivity contribution >= 4 is 5.97 Å². The van der Waals surface area contributed by atoms with Gasteiger partial charge in [-0.3, -0.25) is 4.79 Å². The van der Waals surface area contributed by atoms with E-state index in [9.17, 15) is 9.90 Å². The zero-order chi connectivity index (χ0) is 35.1. The third-order valence-corrected chi connectivity index (χ3v) is 17.2. The summed E-state index contributed by atoms with van der Waals surface area (Å²) in [7, 11) is 2.27. The Morgan fingerprint density at radius 1 is 0.854 bits per heavy atom. The molecule has 6 aliphatic rings. The summed E-state index contributed by atoms with van der Waals surface area (Å²) < 4.78 is 6.65. The molecule has 5 heteroatoms. The summed E-state index contributed by atoms with van der Waals surface area (Å²) in [6, 6.07) is 0. The highest BCUT2D eigenvalue weighted by Gasteiger charge is 2.71.